The number of fused-ring (bicyclic) bond motifs is 1. The van der Waals surface area contributed by atoms with Gasteiger partial charge in [0, 0.05) is 7.11 Å². The largest absolute Gasteiger partial charge is 0.504 e. The molecule has 0 bridgehead atoms. The van der Waals surface area contributed by atoms with Crippen molar-refractivity contribution in [1.29, 1.82) is 0 Å². The number of hydrogen-bond acceptors (Lipinski definition) is 10. The molecule has 0 aromatic heterocycles. The summed E-state index contributed by atoms with van der Waals surface area (Å²) in [7, 11) is 1.33. The predicted octanol–water partition coefficient (Wildman–Crippen LogP) is 0.637. The molecule has 32 heavy (non-hydrogen) atoms. The Labute approximate surface area is 183 Å². The summed E-state index contributed by atoms with van der Waals surface area (Å²) in [5.74, 6) is -0.296. The number of aliphatic hydroxyl groups excluding tert-OH is 3. The zero-order valence-corrected chi connectivity index (χ0v) is 17.1. The maximum atomic E-state index is 12.7. The van der Waals surface area contributed by atoms with Gasteiger partial charge in [-0.2, -0.15) is 0 Å². The van der Waals surface area contributed by atoms with E-state index in [9.17, 15) is 30.3 Å². The quantitative estimate of drug-likeness (QED) is 0.412. The number of benzene rings is 2. The van der Waals surface area contributed by atoms with Gasteiger partial charge < -0.3 is 44.5 Å². The van der Waals surface area contributed by atoms with Crippen LogP contribution >= 0.6 is 0 Å². The standard InChI is InChI=1S/C22H24O10/c1-29-21-18(9-23)32-22(20(28)19(21)27)30-11-3-5-16-12(7-11)14(25)8-17(31-16)10-2-4-13(24)15(26)6-10/h2-7,17-24,26-28H,8-9H2,1H3/t17?,18-,19-,20-,21-,22-/m1/s1. The van der Waals surface area contributed by atoms with E-state index in [2.05, 4.69) is 0 Å². The predicted molar refractivity (Wildman–Crippen MR) is 108 cm³/mol. The molecule has 10 heteroatoms. The van der Waals surface area contributed by atoms with E-state index >= 15 is 0 Å². The van der Waals surface area contributed by atoms with Crippen molar-refractivity contribution in [3.63, 3.8) is 0 Å². The van der Waals surface area contributed by atoms with Crippen LogP contribution in [-0.4, -0.2) is 75.7 Å². The van der Waals surface area contributed by atoms with Crippen LogP contribution in [-0.2, 0) is 9.47 Å². The van der Waals surface area contributed by atoms with Gasteiger partial charge in [-0.05, 0) is 35.9 Å². The molecule has 0 saturated carbocycles. The van der Waals surface area contributed by atoms with Crippen LogP contribution in [0.3, 0.4) is 0 Å². The number of carbonyl (C=O) groups excluding carboxylic acids is 1. The first-order chi connectivity index (χ1) is 15.3. The van der Waals surface area contributed by atoms with Crippen LogP contribution in [0.25, 0.3) is 0 Å². The lowest BCUT2D eigenvalue weighted by Gasteiger charge is -2.41. The number of hydrogen-bond donors (Lipinski definition) is 5. The summed E-state index contributed by atoms with van der Waals surface area (Å²) in [5, 5.41) is 49.2. The van der Waals surface area contributed by atoms with Crippen molar-refractivity contribution in [3.05, 3.63) is 47.5 Å². The van der Waals surface area contributed by atoms with Crippen LogP contribution in [0.15, 0.2) is 36.4 Å². The molecule has 1 saturated heterocycles. The summed E-state index contributed by atoms with van der Waals surface area (Å²) < 4.78 is 22.1. The maximum Gasteiger partial charge on any atom is 0.229 e. The topological polar surface area (TPSA) is 155 Å². The van der Waals surface area contributed by atoms with Gasteiger partial charge >= 0.3 is 0 Å². The Kier molecular flexibility index (Phi) is 6.22. The minimum absolute atomic E-state index is 0.00401. The van der Waals surface area contributed by atoms with Gasteiger partial charge in [0.1, 0.15) is 42.0 Å². The number of methoxy groups -OCH3 is 1. The second-order valence-electron chi connectivity index (χ2n) is 7.66. The molecule has 2 aromatic carbocycles. The zero-order valence-electron chi connectivity index (χ0n) is 17.1. The summed E-state index contributed by atoms with van der Waals surface area (Å²) in [6, 6.07) is 8.72. The van der Waals surface area contributed by atoms with Gasteiger partial charge in [0.05, 0.1) is 18.6 Å². The summed E-state index contributed by atoms with van der Waals surface area (Å²) in [6.45, 7) is -0.452. The number of Topliss-reactive ketones (excluding diaryl/α,β-unsaturated/α-hetero) is 1. The van der Waals surface area contributed by atoms with Crippen LogP contribution < -0.4 is 9.47 Å². The van der Waals surface area contributed by atoms with Gasteiger partial charge in [0.25, 0.3) is 0 Å². The number of ketones is 1. The maximum absolute atomic E-state index is 12.7. The average Bonchev–Trinajstić information content (AvgIpc) is 2.78. The highest BCUT2D eigenvalue weighted by molar-refractivity contribution is 6.00. The SMILES string of the molecule is CO[C@H]1[C@H](O)[C@@H](O)[C@H](Oc2ccc3c(c2)C(=O)CC(c2ccc(O)c(O)c2)O3)O[C@@H]1CO. The summed E-state index contributed by atoms with van der Waals surface area (Å²) >= 11 is 0. The number of carbonyl (C=O) groups is 1. The van der Waals surface area contributed by atoms with Crippen molar-refractivity contribution in [2.75, 3.05) is 13.7 Å². The Morgan fingerprint density at radius 2 is 1.84 bits per heavy atom. The van der Waals surface area contributed by atoms with E-state index in [0.29, 0.717) is 11.3 Å². The first-order valence-corrected chi connectivity index (χ1v) is 10.00. The lowest BCUT2D eigenvalue weighted by molar-refractivity contribution is -0.281. The lowest BCUT2D eigenvalue weighted by Crippen LogP contribution is -2.60. The molecule has 2 aliphatic heterocycles. The van der Waals surface area contributed by atoms with Gasteiger partial charge in [-0.3, -0.25) is 4.79 Å². The summed E-state index contributed by atoms with van der Waals surface area (Å²) in [5.41, 5.74) is 0.802. The Balaban J connectivity index is 1.52. The van der Waals surface area contributed by atoms with Gasteiger partial charge in [0.2, 0.25) is 6.29 Å². The van der Waals surface area contributed by atoms with Crippen LogP contribution in [0, 0.1) is 0 Å². The van der Waals surface area contributed by atoms with Crippen molar-refractivity contribution in [2.24, 2.45) is 0 Å². The van der Waals surface area contributed by atoms with Crippen LogP contribution in [0.4, 0.5) is 0 Å². The molecule has 2 heterocycles. The molecule has 2 aromatic rings. The minimum atomic E-state index is -1.45. The van der Waals surface area contributed by atoms with Crippen LogP contribution in [0.5, 0.6) is 23.0 Å². The third kappa shape index (κ3) is 4.10. The van der Waals surface area contributed by atoms with E-state index in [0.717, 1.165) is 0 Å². The van der Waals surface area contributed by atoms with Crippen molar-refractivity contribution in [2.45, 2.75) is 43.2 Å². The molecule has 5 N–H and O–H groups in total. The first kappa shape index (κ1) is 22.3. The van der Waals surface area contributed by atoms with Crippen molar-refractivity contribution in [3.8, 4) is 23.0 Å². The van der Waals surface area contributed by atoms with Gasteiger partial charge in [0.15, 0.2) is 17.3 Å². The molecule has 2 aliphatic rings. The fourth-order valence-corrected chi connectivity index (χ4v) is 3.88. The van der Waals surface area contributed by atoms with Crippen LogP contribution in [0.2, 0.25) is 0 Å². The van der Waals surface area contributed by atoms with Crippen molar-refractivity contribution < 1.29 is 49.3 Å². The number of rotatable bonds is 5. The first-order valence-electron chi connectivity index (χ1n) is 10.00. The fourth-order valence-electron chi connectivity index (χ4n) is 3.88. The monoisotopic (exact) mass is 448 g/mol. The third-order valence-electron chi connectivity index (χ3n) is 5.61. The highest BCUT2D eigenvalue weighted by Gasteiger charge is 2.46. The van der Waals surface area contributed by atoms with E-state index in [1.807, 2.05) is 0 Å². The molecule has 10 nitrogen and oxygen atoms in total. The Morgan fingerprint density at radius 1 is 1.06 bits per heavy atom. The normalized spacial score (nSPS) is 29.8. The van der Waals surface area contributed by atoms with E-state index in [-0.39, 0.29) is 35.0 Å². The van der Waals surface area contributed by atoms with E-state index in [1.54, 1.807) is 6.07 Å². The van der Waals surface area contributed by atoms with Gasteiger partial charge in [-0.1, -0.05) is 6.07 Å². The molecule has 0 radical (unpaired) electrons. The second kappa shape index (κ2) is 8.93. The lowest BCUT2D eigenvalue weighted by atomic mass is 9.96. The molecular formula is C22H24O10. The van der Waals surface area contributed by atoms with Crippen molar-refractivity contribution >= 4 is 5.78 Å². The number of aromatic hydroxyl groups is 2. The number of phenolic OH excluding ortho intramolecular Hbond substituents is 2. The number of aliphatic hydroxyl groups is 3. The summed E-state index contributed by atoms with van der Waals surface area (Å²) in [6.07, 6.45) is -6.55. The molecule has 0 spiro atoms. The molecule has 1 unspecified atom stereocenters. The van der Waals surface area contributed by atoms with Crippen molar-refractivity contribution in [1.82, 2.24) is 0 Å². The van der Waals surface area contributed by atoms with E-state index in [1.165, 1.54) is 37.4 Å². The third-order valence-corrected chi connectivity index (χ3v) is 5.61. The van der Waals surface area contributed by atoms with Gasteiger partial charge in [-0.15, -0.1) is 0 Å². The molecular weight excluding hydrogens is 424 g/mol. The molecule has 172 valence electrons. The number of ether oxygens (including phenoxy) is 4. The fraction of sp³-hybridized carbons (Fsp3) is 0.409. The number of phenols is 2. The summed E-state index contributed by atoms with van der Waals surface area (Å²) in [4.78, 5) is 12.7. The highest BCUT2D eigenvalue weighted by Crippen LogP contribution is 2.39. The minimum Gasteiger partial charge on any atom is -0.504 e. The van der Waals surface area contributed by atoms with Gasteiger partial charge in [-0.25, -0.2) is 0 Å². The molecule has 0 aliphatic carbocycles. The smallest absolute Gasteiger partial charge is 0.229 e. The molecule has 0 amide bonds. The zero-order chi connectivity index (χ0) is 23.0. The van der Waals surface area contributed by atoms with Crippen LogP contribution in [0.1, 0.15) is 28.4 Å². The van der Waals surface area contributed by atoms with E-state index < -0.39 is 43.4 Å². The second-order valence-corrected chi connectivity index (χ2v) is 7.66. The Bertz CT molecular complexity index is 991. The van der Waals surface area contributed by atoms with E-state index in [4.69, 9.17) is 18.9 Å². The highest BCUT2D eigenvalue weighted by atomic mass is 16.7. The molecule has 6 atom stereocenters. The molecule has 1 fully saturated rings. The molecule has 4 rings (SSSR count). The Hall–Kier alpha value is -2.89. The Morgan fingerprint density at radius 3 is 2.53 bits per heavy atom. The average molecular weight is 448 g/mol.